The highest BCUT2D eigenvalue weighted by molar-refractivity contribution is 7.20. The molecule has 29 nitrogen and oxygen atoms in total. The van der Waals surface area contributed by atoms with Gasteiger partial charge in [-0.3, -0.25) is 39.1 Å². The lowest BCUT2D eigenvalue weighted by molar-refractivity contribution is 0.112. The van der Waals surface area contributed by atoms with Gasteiger partial charge in [0.1, 0.15) is 65.1 Å². The number of benzene rings is 4. The molecular weight excluding hydrogens is 1920 g/mol. The van der Waals surface area contributed by atoms with E-state index in [0.29, 0.717) is 38.3 Å². The van der Waals surface area contributed by atoms with E-state index in [1.807, 2.05) is 252 Å². The highest BCUT2D eigenvalue weighted by Crippen LogP contribution is 2.47. The maximum Gasteiger partial charge on any atom is 0.167 e. The van der Waals surface area contributed by atoms with E-state index in [0.717, 1.165) is 259 Å². The summed E-state index contributed by atoms with van der Waals surface area (Å²) in [5, 5.41) is 24.2. The van der Waals surface area contributed by atoms with E-state index >= 15 is 0 Å². The molecule has 0 atom stereocenters. The van der Waals surface area contributed by atoms with Crippen molar-refractivity contribution in [3.63, 3.8) is 0 Å². The summed E-state index contributed by atoms with van der Waals surface area (Å²) in [4.78, 5) is 101. The molecule has 23 heterocycles. The summed E-state index contributed by atoms with van der Waals surface area (Å²) in [5.74, 6) is 4.58. The summed E-state index contributed by atoms with van der Waals surface area (Å²) in [6, 6.07) is 70.7. The van der Waals surface area contributed by atoms with Crippen LogP contribution in [0.3, 0.4) is 0 Å². The number of carbonyl (C=O) groups is 1. The Morgan fingerprint density at radius 3 is 1.37 bits per heavy atom. The molecule has 4 aromatic carbocycles. The third kappa shape index (κ3) is 18.2. The summed E-state index contributed by atoms with van der Waals surface area (Å²) in [7, 11) is 0. The Morgan fingerprint density at radius 1 is 0.400 bits per heavy atom. The van der Waals surface area contributed by atoms with Gasteiger partial charge in [-0.05, 0) is 164 Å². The lowest BCUT2D eigenvalue weighted by Crippen LogP contribution is -2.02. The van der Waals surface area contributed by atoms with Crippen molar-refractivity contribution in [1.82, 2.24) is 87.7 Å². The summed E-state index contributed by atoms with van der Waals surface area (Å²) in [5.41, 5.74) is 28.3. The molecule has 0 fully saturated rings. The number of pyridine rings is 6. The van der Waals surface area contributed by atoms with E-state index in [9.17, 15) is 4.79 Å². The second-order valence-corrected chi connectivity index (χ2v) is 40.5. The van der Waals surface area contributed by atoms with Gasteiger partial charge in [-0.25, -0.2) is 72.9 Å². The molecule has 0 unspecified atom stereocenters. The van der Waals surface area contributed by atoms with Gasteiger partial charge >= 0.3 is 0 Å². The number of hydrogen-bond acceptors (Lipinski definition) is 29. The summed E-state index contributed by atoms with van der Waals surface area (Å²) >= 11 is 9.80. The Balaban J connectivity index is 0.000000100. The number of ether oxygens (including phenoxy) is 1. The van der Waals surface area contributed by atoms with E-state index in [2.05, 4.69) is 173 Å². The van der Waals surface area contributed by atoms with Gasteiger partial charge in [0, 0.05) is 118 Å². The first-order valence-corrected chi connectivity index (χ1v) is 51.5. The Bertz CT molecular complexity index is 9150. The molecule has 708 valence electrons. The number of hydrogen-bond donors (Lipinski definition) is 1. The van der Waals surface area contributed by atoms with Crippen LogP contribution >= 0.6 is 68.0 Å². The number of amidine groups is 4. The van der Waals surface area contributed by atoms with Crippen molar-refractivity contribution in [2.45, 2.75) is 62.0 Å². The number of aromatic amines is 1. The average Bonchev–Trinajstić information content (AvgIpc) is 1.60. The largest absolute Gasteiger partial charge is 0.489 e. The molecule has 22 aromatic rings. The Kier molecular flexibility index (Phi) is 25.2. The summed E-state index contributed by atoms with van der Waals surface area (Å²) in [6.07, 6.45) is 23.3. The van der Waals surface area contributed by atoms with Crippen LogP contribution in [0.1, 0.15) is 88.3 Å². The minimum atomic E-state index is 0.512. The number of H-pyrrole nitrogens is 1. The third-order valence-electron chi connectivity index (χ3n) is 24.5. The van der Waals surface area contributed by atoms with Crippen molar-refractivity contribution in [2.24, 2.45) is 44.9 Å². The van der Waals surface area contributed by atoms with Crippen molar-refractivity contribution >= 4 is 172 Å². The van der Waals surface area contributed by atoms with Gasteiger partial charge in [0.15, 0.2) is 29.6 Å². The van der Waals surface area contributed by atoms with E-state index in [1.165, 1.54) is 10.5 Å². The van der Waals surface area contributed by atoms with Crippen LogP contribution < -0.4 is 4.74 Å². The molecule has 0 radical (unpaired) electrons. The van der Waals surface area contributed by atoms with Gasteiger partial charge in [0.25, 0.3) is 0 Å². The maximum atomic E-state index is 11.2. The molecular formula is C110H85N27O2S6. The molecule has 35 heteroatoms. The van der Waals surface area contributed by atoms with Crippen LogP contribution in [0, 0.1) is 41.5 Å². The monoisotopic (exact) mass is 2010 g/mol. The molecule has 0 aliphatic carbocycles. The lowest BCUT2D eigenvalue weighted by atomic mass is 10.0. The molecule has 5 aliphatic heterocycles. The van der Waals surface area contributed by atoms with Crippen LogP contribution in [0.2, 0.25) is 0 Å². The van der Waals surface area contributed by atoms with E-state index in [1.54, 1.807) is 92.7 Å². The Labute approximate surface area is 853 Å². The Hall–Kier alpha value is -17.0. The molecule has 0 saturated heterocycles. The quantitative estimate of drug-likeness (QED) is 0.0736. The first-order chi connectivity index (χ1) is 71.1. The highest BCUT2D eigenvalue weighted by Gasteiger charge is 2.32. The number of imidazole rings is 2. The zero-order valence-electron chi connectivity index (χ0n) is 79.3. The van der Waals surface area contributed by atoms with Crippen LogP contribution in [0.5, 0.6) is 5.75 Å². The van der Waals surface area contributed by atoms with Crippen molar-refractivity contribution in [3.8, 4) is 114 Å². The first-order valence-electron chi connectivity index (χ1n) is 46.6. The number of nitrogens with one attached hydrogen (secondary N) is 1. The number of rotatable bonds is 19. The smallest absolute Gasteiger partial charge is 0.167 e. The second kappa shape index (κ2) is 39.9. The number of nitrogens with zero attached hydrogens (tertiary/aromatic N) is 26. The fraction of sp³-hybridized carbons (Fsp3) is 0.127. The standard InChI is InChI=1S/C27H21N5OS.C23H16N6S.C21H15N5OS.C20H18N6S.C19H15N5S2/c1-18-23(22-12-5-6-15-32(22)31-18)27-30-24(25(34-27)26-28-13-14-29-26)20-10-7-11-21(16-20)33-17-19-8-3-2-4-9-19;1-14-19(18-8-4-5-11-29(18)28-14)23-27-20(21(30-23)22-24-9-10-25-22)16-12-15-6-2-3-7-17(15)26-13-16;1-13-18(26-11-14(12-27)7-8-16(26)24-13)21-25-17(15-5-3-2-4-6-15)19(28-21)20-22-9-10-23-20;1-11-10-23-12(2)15(11)17-18(19-21-7-8-22-19)27-20(24-17)16-13(3)25-26-9-5-4-6-14(16)26;1-11-6-7-14(25-11)16-17(18-20-8-9-21-18)26-19(22-16)15-12(2)23-24-10-4-3-5-13(15)24/h2-13,15-16H,14,17H2,1H3;2-9,11-13H,10H2,1H3;2-12H,1H3,(H,22,23);4-7,9H,8,10H2,1-3H3;3-8,10H,9H2,1-2H3. The zero-order valence-corrected chi connectivity index (χ0v) is 84.2. The number of aryl methyl sites for hydroxylation is 6. The van der Waals surface area contributed by atoms with Crippen molar-refractivity contribution < 1.29 is 9.53 Å². The number of aldehydes is 1. The molecule has 0 amide bonds. The van der Waals surface area contributed by atoms with Gasteiger partial charge in [-0.15, -0.1) is 68.0 Å². The molecule has 18 aromatic heterocycles. The van der Waals surface area contributed by atoms with Crippen LogP contribution in [0.25, 0.3) is 152 Å². The number of fused-ring (bicyclic) bond motifs is 6. The van der Waals surface area contributed by atoms with E-state index in [4.69, 9.17) is 29.7 Å². The predicted molar refractivity (Wildman–Crippen MR) is 589 cm³/mol. The van der Waals surface area contributed by atoms with Gasteiger partial charge in [0.2, 0.25) is 0 Å². The minimum Gasteiger partial charge on any atom is -0.489 e. The zero-order chi connectivity index (χ0) is 98.3. The highest BCUT2D eigenvalue weighted by atomic mass is 32.1. The number of aromatic nitrogens is 18. The summed E-state index contributed by atoms with van der Waals surface area (Å²) in [6.45, 7) is 20.1. The second-order valence-electron chi connectivity index (χ2n) is 34.2. The normalized spacial score (nSPS) is 13.5. The first kappa shape index (κ1) is 91.8. The van der Waals surface area contributed by atoms with E-state index in [-0.39, 0.29) is 0 Å². The Morgan fingerprint density at radius 2 is 0.869 bits per heavy atom. The molecule has 0 bridgehead atoms. The average molecular weight is 2010 g/mol. The van der Waals surface area contributed by atoms with Gasteiger partial charge in [0.05, 0.1) is 158 Å². The molecule has 5 aliphatic rings. The van der Waals surface area contributed by atoms with Crippen LogP contribution in [-0.4, -0.2) is 181 Å². The predicted octanol–water partition coefficient (Wildman–Crippen LogP) is 23.8. The van der Waals surface area contributed by atoms with Crippen LogP contribution in [-0.2, 0) is 6.61 Å². The fourth-order valence-corrected chi connectivity index (χ4v) is 24.5. The molecule has 27 rings (SSSR count). The van der Waals surface area contributed by atoms with Crippen molar-refractivity contribution in [2.75, 3.05) is 32.7 Å². The number of aliphatic imine (C=N–C) groups is 9. The maximum absolute atomic E-state index is 11.2. The van der Waals surface area contributed by atoms with Crippen molar-refractivity contribution in [3.05, 3.63) is 337 Å². The van der Waals surface area contributed by atoms with Gasteiger partial charge in [-0.2, -0.15) is 20.4 Å². The third-order valence-corrected chi connectivity index (χ3v) is 30.8. The minimum absolute atomic E-state index is 0.512. The summed E-state index contributed by atoms with van der Waals surface area (Å²) < 4.78 is 15.6. The van der Waals surface area contributed by atoms with Crippen LogP contribution in [0.15, 0.2) is 312 Å². The molecule has 1 N–H and O–H groups in total. The number of carbonyl (C=O) groups excluding carboxylic acids is 1. The molecule has 145 heavy (non-hydrogen) atoms. The lowest BCUT2D eigenvalue weighted by Gasteiger charge is -2.08. The topological polar surface area (TPSA) is 330 Å². The van der Waals surface area contributed by atoms with Crippen molar-refractivity contribution in [1.29, 1.82) is 0 Å². The molecule has 0 saturated carbocycles. The SMILES string of the molecule is CC1=NCC(C)=C1c1nc(-c2c(C)nn3ccccc23)sc1C1=NCC=N1.Cc1ccc(-c2nc(-c3c(C)nn4ccccc34)sc2C2=NCC=N2)s1.Cc1nc2ccc(C=O)cn2c1-c1nc(-c2ccccc2)c(-c2ncc[nH]2)s1.Cc1nn2ccccc2c1-c1nc(-c2cccc(OCc3ccccc3)c2)c(C2=NCC=N2)s1.Cc1nn2ccccc2c1-c1nc(-c2cnc3ccccc3c2)c(C2=NCC=N2)s1. The number of thiophene rings is 1. The van der Waals surface area contributed by atoms with Gasteiger partial charge < -0.3 is 9.72 Å². The van der Waals surface area contributed by atoms with E-state index < -0.39 is 0 Å². The molecule has 0 spiro atoms. The number of para-hydroxylation sites is 1. The van der Waals surface area contributed by atoms with Gasteiger partial charge in [-0.1, -0.05) is 115 Å². The van der Waals surface area contributed by atoms with Crippen LogP contribution in [0.4, 0.5) is 0 Å². The number of thiazole rings is 5. The fourth-order valence-electron chi connectivity index (χ4n) is 17.9. The number of allylic oxidation sites excluding steroid dienone is 1.